The van der Waals surface area contributed by atoms with E-state index in [0.29, 0.717) is 15.2 Å². The second kappa shape index (κ2) is 5.77. The van der Waals surface area contributed by atoms with Crippen molar-refractivity contribution in [2.24, 2.45) is 0 Å². The Morgan fingerprint density at radius 2 is 2.10 bits per heavy atom. The van der Waals surface area contributed by atoms with Crippen molar-refractivity contribution in [2.45, 2.75) is 18.4 Å². The molecule has 20 heavy (non-hydrogen) atoms. The summed E-state index contributed by atoms with van der Waals surface area (Å²) in [4.78, 5) is -0.0133. The zero-order chi connectivity index (χ0) is 14.9. The summed E-state index contributed by atoms with van der Waals surface area (Å²) in [5.74, 6) is 0.404. The zero-order valence-electron chi connectivity index (χ0n) is 10.4. The van der Waals surface area contributed by atoms with E-state index in [1.807, 2.05) is 0 Å². The Labute approximate surface area is 129 Å². The molecule has 0 atom stereocenters. The van der Waals surface area contributed by atoms with Crippen LogP contribution in [0.5, 0.6) is 0 Å². The first-order valence-corrected chi connectivity index (χ1v) is 8.17. The predicted molar refractivity (Wildman–Crippen MR) is 79.3 cm³/mol. The van der Waals surface area contributed by atoms with E-state index < -0.39 is 10.0 Å². The van der Waals surface area contributed by atoms with E-state index in [9.17, 15) is 8.42 Å². The first-order chi connectivity index (χ1) is 9.33. The van der Waals surface area contributed by atoms with Gasteiger partial charge < -0.3 is 9.52 Å². The minimum Gasteiger partial charge on any atom is -0.462 e. The molecule has 8 heteroatoms. The van der Waals surface area contributed by atoms with Gasteiger partial charge in [-0.25, -0.2) is 8.42 Å². The number of benzene rings is 1. The van der Waals surface area contributed by atoms with E-state index in [0.717, 1.165) is 0 Å². The first kappa shape index (κ1) is 15.4. The summed E-state index contributed by atoms with van der Waals surface area (Å²) >= 11 is 9.14. The number of aliphatic hydroxyl groups excluding tert-OH is 1. The van der Waals surface area contributed by atoms with Crippen molar-refractivity contribution < 1.29 is 17.9 Å². The van der Waals surface area contributed by atoms with Gasteiger partial charge in [0.25, 0.3) is 10.0 Å². The molecular formula is C12H11BrClNO4S. The van der Waals surface area contributed by atoms with Gasteiger partial charge in [-0.1, -0.05) is 11.6 Å². The molecule has 0 radical (unpaired) electrons. The Hall–Kier alpha value is -1.02. The molecule has 2 rings (SSSR count). The fourth-order valence-electron chi connectivity index (χ4n) is 1.64. The summed E-state index contributed by atoms with van der Waals surface area (Å²) in [5.41, 5.74) is 0.337. The number of hydrogen-bond donors (Lipinski definition) is 2. The molecular weight excluding hydrogens is 370 g/mol. The summed E-state index contributed by atoms with van der Waals surface area (Å²) in [7, 11) is -3.79. The molecule has 0 bridgehead atoms. The normalized spacial score (nSPS) is 11.6. The second-order valence-corrected chi connectivity index (χ2v) is 6.94. The van der Waals surface area contributed by atoms with E-state index in [-0.39, 0.29) is 23.0 Å². The molecule has 0 saturated heterocycles. The lowest BCUT2D eigenvalue weighted by Crippen LogP contribution is -2.13. The van der Waals surface area contributed by atoms with Crippen molar-refractivity contribution in [2.75, 3.05) is 4.72 Å². The van der Waals surface area contributed by atoms with E-state index >= 15 is 0 Å². The standard InChI is InChI=1S/C12H11BrClNO4S/c1-7-12(5-9(6-16)19-7)20(17,18)15-8-2-3-10(13)11(14)4-8/h2-5,15-16H,6H2,1H3. The molecule has 0 fully saturated rings. The summed E-state index contributed by atoms with van der Waals surface area (Å²) in [6.45, 7) is 1.16. The van der Waals surface area contributed by atoms with Crippen LogP contribution in [0.4, 0.5) is 5.69 Å². The minimum absolute atomic E-state index is 0.0133. The third kappa shape index (κ3) is 3.17. The Morgan fingerprint density at radius 1 is 1.40 bits per heavy atom. The maximum atomic E-state index is 12.2. The monoisotopic (exact) mass is 379 g/mol. The van der Waals surface area contributed by atoms with E-state index in [2.05, 4.69) is 20.7 Å². The number of hydrogen-bond acceptors (Lipinski definition) is 4. The molecule has 1 aromatic carbocycles. The number of aryl methyl sites for hydroxylation is 1. The van der Waals surface area contributed by atoms with Gasteiger partial charge in [0.1, 0.15) is 23.0 Å². The van der Waals surface area contributed by atoms with Gasteiger partial charge in [0, 0.05) is 10.5 Å². The summed E-state index contributed by atoms with van der Waals surface area (Å²) < 4.78 is 32.7. The number of sulfonamides is 1. The van der Waals surface area contributed by atoms with Gasteiger partial charge in [0.2, 0.25) is 0 Å². The van der Waals surface area contributed by atoms with Crippen LogP contribution < -0.4 is 4.72 Å². The lowest BCUT2D eigenvalue weighted by Gasteiger charge is -2.07. The highest BCUT2D eigenvalue weighted by Gasteiger charge is 2.21. The average Bonchev–Trinajstić information content (AvgIpc) is 2.76. The van der Waals surface area contributed by atoms with Crippen molar-refractivity contribution in [1.29, 1.82) is 0 Å². The molecule has 0 amide bonds. The van der Waals surface area contributed by atoms with Crippen LogP contribution in [0.3, 0.4) is 0 Å². The summed E-state index contributed by atoms with van der Waals surface area (Å²) in [6.07, 6.45) is 0. The third-order valence-corrected chi connectivity index (χ3v) is 5.26. The Balaban J connectivity index is 2.35. The number of anilines is 1. The molecule has 0 aliphatic rings. The quantitative estimate of drug-likeness (QED) is 0.853. The second-order valence-electron chi connectivity index (χ2n) is 4.03. The molecule has 0 saturated carbocycles. The third-order valence-electron chi connectivity index (χ3n) is 2.54. The molecule has 0 unspecified atom stereocenters. The lowest BCUT2D eigenvalue weighted by molar-refractivity contribution is 0.245. The molecule has 0 aliphatic carbocycles. The van der Waals surface area contributed by atoms with Crippen molar-refractivity contribution in [1.82, 2.24) is 0 Å². The topological polar surface area (TPSA) is 79.5 Å². The molecule has 2 N–H and O–H groups in total. The molecule has 1 heterocycles. The highest BCUT2D eigenvalue weighted by atomic mass is 79.9. The van der Waals surface area contributed by atoms with Gasteiger partial charge in [-0.3, -0.25) is 4.72 Å². The van der Waals surface area contributed by atoms with Crippen LogP contribution in [-0.2, 0) is 16.6 Å². The number of nitrogens with one attached hydrogen (secondary N) is 1. The van der Waals surface area contributed by atoms with Crippen molar-refractivity contribution >= 4 is 43.2 Å². The highest BCUT2D eigenvalue weighted by molar-refractivity contribution is 9.10. The molecule has 0 aliphatic heterocycles. The lowest BCUT2D eigenvalue weighted by atomic mass is 10.3. The van der Waals surface area contributed by atoms with Crippen molar-refractivity contribution in [3.05, 3.63) is 45.3 Å². The van der Waals surface area contributed by atoms with Gasteiger partial charge in [-0.05, 0) is 41.1 Å². The molecule has 2 aromatic rings. The van der Waals surface area contributed by atoms with Crippen molar-refractivity contribution in [3.63, 3.8) is 0 Å². The zero-order valence-corrected chi connectivity index (χ0v) is 13.5. The van der Waals surface area contributed by atoms with Crippen molar-refractivity contribution in [3.8, 4) is 0 Å². The predicted octanol–water partition coefficient (Wildman–Crippen LogP) is 3.30. The fourth-order valence-corrected chi connectivity index (χ4v) is 3.32. The average molecular weight is 381 g/mol. The number of aliphatic hydroxyl groups is 1. The molecule has 0 spiro atoms. The van der Waals surface area contributed by atoms with Gasteiger partial charge in [0.05, 0.1) is 10.7 Å². The van der Waals surface area contributed by atoms with Gasteiger partial charge >= 0.3 is 0 Å². The van der Waals surface area contributed by atoms with Crippen LogP contribution in [0.25, 0.3) is 0 Å². The van der Waals surface area contributed by atoms with E-state index in [1.54, 1.807) is 12.1 Å². The number of furan rings is 1. The summed E-state index contributed by atoms with van der Waals surface area (Å²) in [6, 6.07) is 6.00. The van der Waals surface area contributed by atoms with Crippen LogP contribution in [0.2, 0.25) is 5.02 Å². The Bertz CT molecular complexity index is 742. The number of rotatable bonds is 4. The summed E-state index contributed by atoms with van der Waals surface area (Å²) in [5, 5.41) is 9.36. The van der Waals surface area contributed by atoms with Crippen LogP contribution in [0.1, 0.15) is 11.5 Å². The first-order valence-electron chi connectivity index (χ1n) is 5.51. The van der Waals surface area contributed by atoms with Gasteiger partial charge in [-0.15, -0.1) is 0 Å². The Morgan fingerprint density at radius 3 is 2.65 bits per heavy atom. The van der Waals surface area contributed by atoms with Gasteiger partial charge in [0.15, 0.2) is 0 Å². The fraction of sp³-hybridized carbons (Fsp3) is 0.167. The van der Waals surface area contributed by atoms with E-state index in [4.69, 9.17) is 21.1 Å². The maximum absolute atomic E-state index is 12.2. The largest absolute Gasteiger partial charge is 0.462 e. The molecule has 108 valence electrons. The van der Waals surface area contributed by atoms with E-state index in [1.165, 1.54) is 19.1 Å². The SMILES string of the molecule is Cc1oc(CO)cc1S(=O)(=O)Nc1ccc(Br)c(Cl)c1. The van der Waals surface area contributed by atoms with Crippen LogP contribution in [0.15, 0.2) is 38.1 Å². The minimum atomic E-state index is -3.79. The highest BCUT2D eigenvalue weighted by Crippen LogP contribution is 2.28. The van der Waals surface area contributed by atoms with Crippen LogP contribution in [-0.4, -0.2) is 13.5 Å². The van der Waals surface area contributed by atoms with Crippen LogP contribution >= 0.6 is 27.5 Å². The Kier molecular flexibility index (Phi) is 4.43. The maximum Gasteiger partial charge on any atom is 0.265 e. The van der Waals surface area contributed by atoms with Gasteiger partial charge in [-0.2, -0.15) is 0 Å². The smallest absolute Gasteiger partial charge is 0.265 e. The number of halogens is 2. The molecule has 5 nitrogen and oxygen atoms in total. The molecule has 1 aromatic heterocycles. The van der Waals surface area contributed by atoms with Crippen LogP contribution in [0, 0.1) is 6.92 Å².